The van der Waals surface area contributed by atoms with Crippen molar-refractivity contribution in [2.75, 3.05) is 20.2 Å². The Balaban J connectivity index is 2.10. The van der Waals surface area contributed by atoms with Crippen molar-refractivity contribution in [3.63, 3.8) is 0 Å². The largest absolute Gasteiger partial charge is 0.496 e. The number of alkyl halides is 3. The zero-order valence-electron chi connectivity index (χ0n) is 12.1. The van der Waals surface area contributed by atoms with Crippen LogP contribution in [-0.4, -0.2) is 31.3 Å². The van der Waals surface area contributed by atoms with Crippen molar-refractivity contribution >= 4 is 0 Å². The third-order valence-corrected chi connectivity index (χ3v) is 3.94. The van der Waals surface area contributed by atoms with Crippen molar-refractivity contribution in [3.8, 4) is 5.75 Å². The molecule has 0 aromatic heterocycles. The Morgan fingerprint density at radius 1 is 1.38 bits per heavy atom. The van der Waals surface area contributed by atoms with Gasteiger partial charge in [-0.2, -0.15) is 13.2 Å². The van der Waals surface area contributed by atoms with E-state index in [1.165, 1.54) is 0 Å². The number of ether oxygens (including phenoxy) is 1. The van der Waals surface area contributed by atoms with Crippen molar-refractivity contribution in [1.82, 2.24) is 4.90 Å². The molecule has 0 amide bonds. The second-order valence-corrected chi connectivity index (χ2v) is 5.47. The Morgan fingerprint density at radius 3 is 2.76 bits per heavy atom. The quantitative estimate of drug-likeness (QED) is 0.929. The lowest BCUT2D eigenvalue weighted by molar-refractivity contribution is -0.187. The fourth-order valence-electron chi connectivity index (χ4n) is 2.79. The molecule has 0 radical (unpaired) electrons. The highest BCUT2D eigenvalue weighted by molar-refractivity contribution is 5.37. The molecule has 2 N–H and O–H groups in total. The number of nitrogens with two attached hydrogens (primary N) is 1. The monoisotopic (exact) mass is 302 g/mol. The summed E-state index contributed by atoms with van der Waals surface area (Å²) in [5.74, 6) is -0.531. The van der Waals surface area contributed by atoms with Crippen LogP contribution in [0.3, 0.4) is 0 Å². The van der Waals surface area contributed by atoms with Crippen LogP contribution < -0.4 is 10.5 Å². The highest BCUT2D eigenvalue weighted by Gasteiger charge is 2.41. The molecular formula is C15H21F3N2O. The van der Waals surface area contributed by atoms with Gasteiger partial charge in [-0.05, 0) is 37.1 Å². The molecule has 1 aromatic rings. The summed E-state index contributed by atoms with van der Waals surface area (Å²) in [6, 6.07) is 5.61. The molecule has 3 nitrogen and oxygen atoms in total. The van der Waals surface area contributed by atoms with E-state index in [2.05, 4.69) is 0 Å². The highest BCUT2D eigenvalue weighted by atomic mass is 19.4. The Morgan fingerprint density at radius 2 is 2.14 bits per heavy atom. The van der Waals surface area contributed by atoms with Gasteiger partial charge in [0, 0.05) is 25.2 Å². The number of likely N-dealkylation sites (tertiary alicyclic amines) is 1. The molecule has 21 heavy (non-hydrogen) atoms. The Bertz CT molecular complexity index is 476. The van der Waals surface area contributed by atoms with Gasteiger partial charge in [-0.25, -0.2) is 0 Å². The lowest BCUT2D eigenvalue weighted by Crippen LogP contribution is -2.41. The maximum Gasteiger partial charge on any atom is 0.393 e. The van der Waals surface area contributed by atoms with Gasteiger partial charge in [0.2, 0.25) is 0 Å². The van der Waals surface area contributed by atoms with Crippen LogP contribution >= 0.6 is 0 Å². The van der Waals surface area contributed by atoms with E-state index in [0.717, 1.165) is 11.1 Å². The number of hydrogen-bond donors (Lipinski definition) is 1. The predicted octanol–water partition coefficient (Wildman–Crippen LogP) is 2.93. The molecular weight excluding hydrogens is 281 g/mol. The molecule has 0 saturated carbocycles. The zero-order valence-corrected chi connectivity index (χ0v) is 12.1. The van der Waals surface area contributed by atoms with Crippen LogP contribution in [0.15, 0.2) is 18.2 Å². The summed E-state index contributed by atoms with van der Waals surface area (Å²) in [7, 11) is 1.57. The van der Waals surface area contributed by atoms with E-state index in [-0.39, 0.29) is 13.0 Å². The Hall–Kier alpha value is -1.27. The molecule has 1 atom stereocenters. The van der Waals surface area contributed by atoms with Crippen LogP contribution in [0.2, 0.25) is 0 Å². The molecule has 1 unspecified atom stereocenters. The summed E-state index contributed by atoms with van der Waals surface area (Å²) in [5, 5.41) is 0. The van der Waals surface area contributed by atoms with Crippen molar-refractivity contribution in [2.24, 2.45) is 11.7 Å². The Labute approximate surface area is 122 Å². The van der Waals surface area contributed by atoms with Gasteiger partial charge in [-0.3, -0.25) is 4.90 Å². The van der Waals surface area contributed by atoms with Gasteiger partial charge < -0.3 is 10.5 Å². The molecule has 1 saturated heterocycles. The van der Waals surface area contributed by atoms with Gasteiger partial charge in [-0.15, -0.1) is 0 Å². The van der Waals surface area contributed by atoms with E-state index < -0.39 is 12.1 Å². The summed E-state index contributed by atoms with van der Waals surface area (Å²) in [5.41, 5.74) is 7.47. The van der Waals surface area contributed by atoms with E-state index in [1.807, 2.05) is 23.1 Å². The molecule has 2 rings (SSSR count). The minimum atomic E-state index is -4.11. The number of rotatable bonds is 4. The normalized spacial score (nSPS) is 20.5. The Kier molecular flexibility index (Phi) is 5.11. The van der Waals surface area contributed by atoms with E-state index >= 15 is 0 Å². The fourth-order valence-corrected chi connectivity index (χ4v) is 2.79. The topological polar surface area (TPSA) is 38.5 Å². The first kappa shape index (κ1) is 16.1. The van der Waals surface area contributed by atoms with E-state index in [4.69, 9.17) is 10.5 Å². The van der Waals surface area contributed by atoms with Gasteiger partial charge in [0.1, 0.15) is 5.75 Å². The number of hydrogen-bond acceptors (Lipinski definition) is 3. The first-order valence-electron chi connectivity index (χ1n) is 7.09. The molecule has 0 bridgehead atoms. The minimum Gasteiger partial charge on any atom is -0.496 e. The van der Waals surface area contributed by atoms with Crippen molar-refractivity contribution in [3.05, 3.63) is 29.3 Å². The van der Waals surface area contributed by atoms with Gasteiger partial charge in [0.05, 0.1) is 13.0 Å². The molecule has 1 heterocycles. The van der Waals surface area contributed by atoms with E-state index in [0.29, 0.717) is 31.8 Å². The number of piperidine rings is 1. The van der Waals surface area contributed by atoms with Crippen molar-refractivity contribution in [1.29, 1.82) is 0 Å². The smallest absolute Gasteiger partial charge is 0.393 e. The van der Waals surface area contributed by atoms with E-state index in [1.54, 1.807) is 7.11 Å². The van der Waals surface area contributed by atoms with Crippen LogP contribution in [-0.2, 0) is 13.1 Å². The predicted molar refractivity (Wildman–Crippen MR) is 74.9 cm³/mol. The third-order valence-electron chi connectivity index (χ3n) is 3.94. The average Bonchev–Trinajstić information content (AvgIpc) is 2.46. The maximum atomic E-state index is 12.8. The van der Waals surface area contributed by atoms with Crippen molar-refractivity contribution < 1.29 is 17.9 Å². The van der Waals surface area contributed by atoms with Crippen LogP contribution in [0.1, 0.15) is 24.0 Å². The van der Waals surface area contributed by atoms with Crippen molar-refractivity contribution in [2.45, 2.75) is 32.1 Å². The molecule has 0 aliphatic carbocycles. The summed E-state index contributed by atoms with van der Waals surface area (Å²) < 4.78 is 43.8. The number of halogens is 3. The molecule has 1 aliphatic heterocycles. The highest BCUT2D eigenvalue weighted by Crippen LogP contribution is 2.34. The molecule has 1 aliphatic rings. The van der Waals surface area contributed by atoms with Crippen LogP contribution in [0, 0.1) is 5.92 Å². The number of methoxy groups -OCH3 is 1. The molecule has 6 heteroatoms. The molecule has 1 fully saturated rings. The number of nitrogens with zero attached hydrogens (tertiary/aromatic N) is 1. The van der Waals surface area contributed by atoms with Gasteiger partial charge in [-0.1, -0.05) is 6.07 Å². The zero-order chi connectivity index (χ0) is 15.5. The van der Waals surface area contributed by atoms with Gasteiger partial charge in [0.15, 0.2) is 0 Å². The SMILES string of the molecule is COc1ccc(CN)cc1CN1CCCC(C(F)(F)F)C1. The van der Waals surface area contributed by atoms with Crippen LogP contribution in [0.25, 0.3) is 0 Å². The summed E-state index contributed by atoms with van der Waals surface area (Å²) in [6.07, 6.45) is -3.31. The van der Waals surface area contributed by atoms with Gasteiger partial charge >= 0.3 is 6.18 Å². The first-order chi connectivity index (χ1) is 9.94. The number of benzene rings is 1. The summed E-state index contributed by atoms with van der Waals surface area (Å²) >= 11 is 0. The standard InChI is InChI=1S/C15H21F3N2O/c1-21-14-5-4-11(8-19)7-12(14)9-20-6-2-3-13(10-20)15(16,17)18/h4-5,7,13H,2-3,6,8-10,19H2,1H3. The van der Waals surface area contributed by atoms with Crippen LogP contribution in [0.5, 0.6) is 5.75 Å². The average molecular weight is 302 g/mol. The lowest BCUT2D eigenvalue weighted by Gasteiger charge is -2.34. The lowest BCUT2D eigenvalue weighted by atomic mass is 9.97. The fraction of sp³-hybridized carbons (Fsp3) is 0.600. The molecule has 118 valence electrons. The molecule has 1 aromatic carbocycles. The second kappa shape index (κ2) is 6.66. The van der Waals surface area contributed by atoms with E-state index in [9.17, 15) is 13.2 Å². The minimum absolute atomic E-state index is 0.0551. The third kappa shape index (κ3) is 4.11. The maximum absolute atomic E-state index is 12.8. The summed E-state index contributed by atoms with van der Waals surface area (Å²) in [6.45, 7) is 1.61. The first-order valence-corrected chi connectivity index (χ1v) is 7.09. The van der Waals surface area contributed by atoms with Crippen LogP contribution in [0.4, 0.5) is 13.2 Å². The summed E-state index contributed by atoms with van der Waals surface area (Å²) in [4.78, 5) is 1.85. The van der Waals surface area contributed by atoms with Gasteiger partial charge in [0.25, 0.3) is 0 Å². The molecule has 0 spiro atoms. The second-order valence-electron chi connectivity index (χ2n) is 5.47.